The van der Waals surface area contributed by atoms with Gasteiger partial charge < -0.3 is 4.74 Å². The Morgan fingerprint density at radius 1 is 1.42 bits per heavy atom. The summed E-state index contributed by atoms with van der Waals surface area (Å²) in [5.74, 6) is 1.20. The third kappa shape index (κ3) is 1.85. The van der Waals surface area contributed by atoms with E-state index < -0.39 is 0 Å². The Hall–Kier alpha value is -0.400. The van der Waals surface area contributed by atoms with Crippen molar-refractivity contribution in [3.63, 3.8) is 0 Å². The van der Waals surface area contributed by atoms with Crippen molar-refractivity contribution in [1.82, 2.24) is 0 Å². The fourth-order valence-electron chi connectivity index (χ4n) is 1.14. The van der Waals surface area contributed by atoms with Crippen molar-refractivity contribution in [2.24, 2.45) is 0 Å². The van der Waals surface area contributed by atoms with Crippen LogP contribution in [0.5, 0.6) is 5.75 Å². The minimum absolute atomic E-state index is 0.477. The van der Waals surface area contributed by atoms with Crippen LogP contribution in [0.2, 0.25) is 5.02 Å². The number of rotatable bonds is 2. The second kappa shape index (κ2) is 4.01. The summed E-state index contributed by atoms with van der Waals surface area (Å²) < 4.78 is 5.10. The highest BCUT2D eigenvalue weighted by Crippen LogP contribution is 2.29. The molecule has 1 aromatic carbocycles. The quantitative estimate of drug-likeness (QED) is 0.672. The molecule has 0 heterocycles. The molecular weight excluding hydrogens is 195 g/mol. The van der Waals surface area contributed by atoms with Gasteiger partial charge in [-0.05, 0) is 24.1 Å². The van der Waals surface area contributed by atoms with E-state index in [4.69, 9.17) is 27.9 Å². The predicted molar refractivity (Wildman–Crippen MR) is 52.3 cm³/mol. The molecule has 66 valence electrons. The van der Waals surface area contributed by atoms with Crippen LogP contribution in [0.25, 0.3) is 0 Å². The molecule has 1 nitrogen and oxygen atoms in total. The molecule has 0 unspecified atom stereocenters. The minimum atomic E-state index is 0.477. The zero-order valence-corrected chi connectivity index (χ0v) is 8.54. The lowest BCUT2D eigenvalue weighted by molar-refractivity contribution is 0.412. The first kappa shape index (κ1) is 9.69. The summed E-state index contributed by atoms with van der Waals surface area (Å²) in [6.07, 6.45) is 0. The van der Waals surface area contributed by atoms with Crippen molar-refractivity contribution in [2.45, 2.75) is 12.8 Å². The van der Waals surface area contributed by atoms with Gasteiger partial charge in [-0.15, -0.1) is 11.6 Å². The summed E-state index contributed by atoms with van der Waals surface area (Å²) in [4.78, 5) is 0. The maximum absolute atomic E-state index is 5.93. The van der Waals surface area contributed by atoms with E-state index >= 15 is 0 Å². The monoisotopic (exact) mass is 204 g/mol. The molecule has 0 aliphatic rings. The van der Waals surface area contributed by atoms with E-state index in [1.54, 1.807) is 7.11 Å². The molecule has 3 heteroatoms. The second-order valence-corrected chi connectivity index (χ2v) is 3.24. The van der Waals surface area contributed by atoms with Gasteiger partial charge in [0.1, 0.15) is 5.75 Å². The Morgan fingerprint density at radius 2 is 2.08 bits per heavy atom. The summed E-state index contributed by atoms with van der Waals surface area (Å²) in [7, 11) is 1.61. The van der Waals surface area contributed by atoms with Crippen molar-refractivity contribution >= 4 is 23.2 Å². The predicted octanol–water partition coefficient (Wildman–Crippen LogP) is 3.40. The van der Waals surface area contributed by atoms with Gasteiger partial charge in [0.05, 0.1) is 12.1 Å². The first-order valence-corrected chi connectivity index (χ1v) is 4.49. The van der Waals surface area contributed by atoms with Gasteiger partial charge in [0.2, 0.25) is 0 Å². The minimum Gasteiger partial charge on any atom is -0.495 e. The lowest BCUT2D eigenvalue weighted by Crippen LogP contribution is -1.90. The molecular formula is C9H10Cl2O. The molecule has 0 saturated heterocycles. The van der Waals surface area contributed by atoms with Crippen LogP contribution in [0.4, 0.5) is 0 Å². The second-order valence-electron chi connectivity index (χ2n) is 2.56. The number of methoxy groups -OCH3 is 1. The van der Waals surface area contributed by atoms with Gasteiger partial charge in [-0.3, -0.25) is 0 Å². The topological polar surface area (TPSA) is 9.23 Å². The summed E-state index contributed by atoms with van der Waals surface area (Å²) in [6, 6.07) is 3.79. The Labute approximate surface area is 82.2 Å². The lowest BCUT2D eigenvalue weighted by atomic mass is 10.1. The molecule has 0 radical (unpaired) electrons. The van der Waals surface area contributed by atoms with E-state index in [1.165, 1.54) is 0 Å². The van der Waals surface area contributed by atoms with Gasteiger partial charge in [-0.1, -0.05) is 17.7 Å². The first-order valence-electron chi connectivity index (χ1n) is 3.58. The molecule has 0 aliphatic heterocycles. The number of benzene rings is 1. The highest BCUT2D eigenvalue weighted by molar-refractivity contribution is 6.32. The number of aryl methyl sites for hydroxylation is 1. The normalized spacial score (nSPS) is 10.0. The third-order valence-corrected chi connectivity index (χ3v) is 2.24. The van der Waals surface area contributed by atoms with Gasteiger partial charge in [-0.25, -0.2) is 0 Å². The molecule has 0 saturated carbocycles. The lowest BCUT2D eigenvalue weighted by Gasteiger charge is -2.07. The Bertz CT molecular complexity index is 261. The number of hydrogen-bond acceptors (Lipinski definition) is 1. The van der Waals surface area contributed by atoms with Gasteiger partial charge in [0.25, 0.3) is 0 Å². The zero-order chi connectivity index (χ0) is 9.14. The van der Waals surface area contributed by atoms with E-state index in [9.17, 15) is 0 Å². The van der Waals surface area contributed by atoms with Crippen LogP contribution in [0, 0.1) is 6.92 Å². The smallest absolute Gasteiger partial charge is 0.140 e. The van der Waals surface area contributed by atoms with Crippen LogP contribution in [-0.4, -0.2) is 7.11 Å². The Morgan fingerprint density at radius 3 is 2.50 bits per heavy atom. The van der Waals surface area contributed by atoms with Crippen LogP contribution < -0.4 is 4.74 Å². The first-order chi connectivity index (χ1) is 5.69. The third-order valence-electron chi connectivity index (χ3n) is 1.65. The van der Waals surface area contributed by atoms with Crippen LogP contribution in [0.3, 0.4) is 0 Å². The molecule has 0 fully saturated rings. The van der Waals surface area contributed by atoms with Crippen molar-refractivity contribution in [3.8, 4) is 5.75 Å². The van der Waals surface area contributed by atoms with Crippen LogP contribution in [0.1, 0.15) is 11.1 Å². The van der Waals surface area contributed by atoms with E-state index in [2.05, 4.69) is 0 Å². The Kier molecular flexibility index (Phi) is 3.24. The number of ether oxygens (including phenoxy) is 1. The molecule has 1 rings (SSSR count). The average molecular weight is 205 g/mol. The maximum atomic E-state index is 5.93. The van der Waals surface area contributed by atoms with Gasteiger partial charge >= 0.3 is 0 Å². The van der Waals surface area contributed by atoms with Crippen LogP contribution in [0.15, 0.2) is 12.1 Å². The average Bonchev–Trinajstić information content (AvgIpc) is 2.03. The molecule has 0 atom stereocenters. The fraction of sp³-hybridized carbons (Fsp3) is 0.333. The standard InChI is InChI=1S/C9H10Cl2O/c1-6-3-7(5-10)4-8(11)9(6)12-2/h3-4H,5H2,1-2H3. The molecule has 0 amide bonds. The van der Waals surface area contributed by atoms with Crippen LogP contribution in [-0.2, 0) is 5.88 Å². The van der Waals surface area contributed by atoms with Gasteiger partial charge in [0, 0.05) is 5.88 Å². The molecule has 0 N–H and O–H groups in total. The molecule has 1 aromatic rings. The molecule has 0 aromatic heterocycles. The number of alkyl halides is 1. The van der Waals surface area contributed by atoms with E-state index in [0.717, 1.165) is 16.9 Å². The van der Waals surface area contributed by atoms with E-state index in [-0.39, 0.29) is 0 Å². The van der Waals surface area contributed by atoms with E-state index in [1.807, 2.05) is 19.1 Å². The summed E-state index contributed by atoms with van der Waals surface area (Å²) in [6.45, 7) is 1.95. The van der Waals surface area contributed by atoms with Gasteiger partial charge in [-0.2, -0.15) is 0 Å². The SMILES string of the molecule is COc1c(C)cc(CCl)cc1Cl. The molecule has 0 spiro atoms. The van der Waals surface area contributed by atoms with Crippen molar-refractivity contribution in [1.29, 1.82) is 0 Å². The number of hydrogen-bond donors (Lipinski definition) is 0. The fourth-order valence-corrected chi connectivity index (χ4v) is 1.66. The highest BCUT2D eigenvalue weighted by atomic mass is 35.5. The highest BCUT2D eigenvalue weighted by Gasteiger charge is 2.05. The van der Waals surface area contributed by atoms with E-state index in [0.29, 0.717) is 10.9 Å². The summed E-state index contributed by atoms with van der Waals surface area (Å²) in [5.41, 5.74) is 2.03. The van der Waals surface area contributed by atoms with Crippen molar-refractivity contribution in [3.05, 3.63) is 28.3 Å². The summed E-state index contributed by atoms with van der Waals surface area (Å²) in [5, 5.41) is 0.619. The molecule has 12 heavy (non-hydrogen) atoms. The molecule has 0 bridgehead atoms. The summed E-state index contributed by atoms with van der Waals surface area (Å²) >= 11 is 11.6. The number of halogens is 2. The molecule has 0 aliphatic carbocycles. The van der Waals surface area contributed by atoms with Crippen molar-refractivity contribution < 1.29 is 4.74 Å². The Balaban J connectivity index is 3.18. The van der Waals surface area contributed by atoms with Crippen molar-refractivity contribution in [2.75, 3.05) is 7.11 Å². The largest absolute Gasteiger partial charge is 0.495 e. The maximum Gasteiger partial charge on any atom is 0.140 e. The van der Waals surface area contributed by atoms with Gasteiger partial charge in [0.15, 0.2) is 0 Å². The zero-order valence-electron chi connectivity index (χ0n) is 7.03. The van der Waals surface area contributed by atoms with Crippen LogP contribution >= 0.6 is 23.2 Å².